The van der Waals surface area contributed by atoms with E-state index in [-0.39, 0.29) is 0 Å². The van der Waals surface area contributed by atoms with Crippen molar-refractivity contribution >= 4 is 0 Å². The molecular formula is C13H28N2. The molecule has 1 saturated carbocycles. The zero-order valence-electron chi connectivity index (χ0n) is 10.5. The second-order valence-electron chi connectivity index (χ2n) is 5.34. The van der Waals surface area contributed by atoms with Crippen molar-refractivity contribution in [2.75, 3.05) is 6.54 Å². The molecule has 2 nitrogen and oxygen atoms in total. The Kier molecular flexibility index (Phi) is 6.26. The Balaban J connectivity index is 2.07. The van der Waals surface area contributed by atoms with Crippen LogP contribution in [-0.4, -0.2) is 18.6 Å². The zero-order chi connectivity index (χ0) is 11.1. The topological polar surface area (TPSA) is 38.0 Å². The van der Waals surface area contributed by atoms with E-state index in [1.165, 1.54) is 38.5 Å². The predicted octanol–water partition coefficient (Wildman–Crippen LogP) is 2.67. The van der Waals surface area contributed by atoms with E-state index in [9.17, 15) is 0 Å². The van der Waals surface area contributed by atoms with Crippen LogP contribution in [0.25, 0.3) is 0 Å². The number of hydrogen-bond donors (Lipinski definition) is 2. The van der Waals surface area contributed by atoms with Gasteiger partial charge in [-0.05, 0) is 31.7 Å². The van der Waals surface area contributed by atoms with Gasteiger partial charge in [0.1, 0.15) is 0 Å². The van der Waals surface area contributed by atoms with E-state index in [0.29, 0.717) is 12.0 Å². The summed E-state index contributed by atoms with van der Waals surface area (Å²) >= 11 is 0. The van der Waals surface area contributed by atoms with Crippen molar-refractivity contribution in [3.63, 3.8) is 0 Å². The fraction of sp³-hybridized carbons (Fsp3) is 1.00. The highest BCUT2D eigenvalue weighted by atomic mass is 14.9. The van der Waals surface area contributed by atoms with Crippen molar-refractivity contribution in [1.82, 2.24) is 5.32 Å². The van der Waals surface area contributed by atoms with Crippen LogP contribution in [0, 0.1) is 5.92 Å². The van der Waals surface area contributed by atoms with Crippen LogP contribution in [0.2, 0.25) is 0 Å². The lowest BCUT2D eigenvalue weighted by Gasteiger charge is -2.19. The molecule has 3 N–H and O–H groups in total. The van der Waals surface area contributed by atoms with Gasteiger partial charge in [0.2, 0.25) is 0 Å². The minimum Gasteiger partial charge on any atom is -0.327 e. The van der Waals surface area contributed by atoms with Gasteiger partial charge in [0.15, 0.2) is 0 Å². The fourth-order valence-corrected chi connectivity index (χ4v) is 2.27. The molecule has 2 heteroatoms. The van der Waals surface area contributed by atoms with Crippen molar-refractivity contribution in [1.29, 1.82) is 0 Å². The van der Waals surface area contributed by atoms with Crippen LogP contribution < -0.4 is 11.1 Å². The Morgan fingerprint density at radius 2 is 1.73 bits per heavy atom. The first kappa shape index (κ1) is 13.0. The summed E-state index contributed by atoms with van der Waals surface area (Å²) in [5.41, 5.74) is 6.02. The van der Waals surface area contributed by atoms with Crippen LogP contribution in [0.5, 0.6) is 0 Å². The normalized spacial score (nSPS) is 21.6. The summed E-state index contributed by atoms with van der Waals surface area (Å²) in [5, 5.41) is 3.67. The second-order valence-corrected chi connectivity index (χ2v) is 5.34. The summed E-state index contributed by atoms with van der Waals surface area (Å²) < 4.78 is 0. The van der Waals surface area contributed by atoms with Crippen LogP contribution in [0.3, 0.4) is 0 Å². The molecule has 0 radical (unpaired) electrons. The summed E-state index contributed by atoms with van der Waals surface area (Å²) in [6.45, 7) is 5.51. The third-order valence-corrected chi connectivity index (χ3v) is 3.62. The molecule has 0 saturated heterocycles. The molecule has 0 bridgehead atoms. The maximum atomic E-state index is 6.02. The van der Waals surface area contributed by atoms with Crippen molar-refractivity contribution in [3.05, 3.63) is 0 Å². The predicted molar refractivity (Wildman–Crippen MR) is 66.9 cm³/mol. The van der Waals surface area contributed by atoms with E-state index in [1.807, 2.05) is 0 Å². The molecule has 1 unspecified atom stereocenters. The summed E-state index contributed by atoms with van der Waals surface area (Å²) in [6, 6.07) is 1.13. The molecule has 1 fully saturated rings. The Bertz CT molecular complexity index is 149. The first-order valence-electron chi connectivity index (χ1n) is 6.69. The molecule has 0 amide bonds. The molecule has 0 aromatic carbocycles. The molecule has 1 rings (SSSR count). The minimum absolute atomic E-state index is 0.364. The summed E-state index contributed by atoms with van der Waals surface area (Å²) in [6.07, 6.45) is 9.55. The minimum atomic E-state index is 0.364. The van der Waals surface area contributed by atoms with Gasteiger partial charge in [-0.25, -0.2) is 0 Å². The first-order valence-corrected chi connectivity index (χ1v) is 6.69. The number of rotatable bonds is 5. The SMILES string of the molecule is CC(C)C(N)CCNC1CCCCCC1. The standard InChI is InChI=1S/C13H28N2/c1-11(2)13(14)9-10-15-12-7-5-3-4-6-8-12/h11-13,15H,3-10,14H2,1-2H3. The van der Waals surface area contributed by atoms with Gasteiger partial charge in [-0.2, -0.15) is 0 Å². The highest BCUT2D eigenvalue weighted by Crippen LogP contribution is 2.17. The summed E-state index contributed by atoms with van der Waals surface area (Å²) in [5.74, 6) is 0.612. The van der Waals surface area contributed by atoms with E-state index in [1.54, 1.807) is 0 Å². The van der Waals surface area contributed by atoms with Crippen LogP contribution in [-0.2, 0) is 0 Å². The second kappa shape index (κ2) is 7.24. The Morgan fingerprint density at radius 1 is 1.13 bits per heavy atom. The lowest BCUT2D eigenvalue weighted by atomic mass is 10.0. The summed E-state index contributed by atoms with van der Waals surface area (Å²) in [7, 11) is 0. The number of hydrogen-bond acceptors (Lipinski definition) is 2. The lowest BCUT2D eigenvalue weighted by Crippen LogP contribution is -2.35. The maximum absolute atomic E-state index is 6.02. The molecule has 0 spiro atoms. The highest BCUT2D eigenvalue weighted by Gasteiger charge is 2.12. The molecular weight excluding hydrogens is 184 g/mol. The van der Waals surface area contributed by atoms with Crippen LogP contribution in [0.15, 0.2) is 0 Å². The van der Waals surface area contributed by atoms with Gasteiger partial charge in [0.05, 0.1) is 0 Å². The van der Waals surface area contributed by atoms with E-state index >= 15 is 0 Å². The van der Waals surface area contributed by atoms with Gasteiger partial charge < -0.3 is 11.1 Å². The number of nitrogens with one attached hydrogen (secondary N) is 1. The molecule has 0 heterocycles. The quantitative estimate of drug-likeness (QED) is 0.688. The monoisotopic (exact) mass is 212 g/mol. The van der Waals surface area contributed by atoms with Crippen molar-refractivity contribution < 1.29 is 0 Å². The fourth-order valence-electron chi connectivity index (χ4n) is 2.27. The van der Waals surface area contributed by atoms with Crippen molar-refractivity contribution in [3.8, 4) is 0 Å². The average molecular weight is 212 g/mol. The summed E-state index contributed by atoms with van der Waals surface area (Å²) in [4.78, 5) is 0. The van der Waals surface area contributed by atoms with Gasteiger partial charge >= 0.3 is 0 Å². The molecule has 0 aliphatic heterocycles. The van der Waals surface area contributed by atoms with Gasteiger partial charge in [-0.3, -0.25) is 0 Å². The third-order valence-electron chi connectivity index (χ3n) is 3.62. The van der Waals surface area contributed by atoms with Crippen LogP contribution in [0.4, 0.5) is 0 Å². The van der Waals surface area contributed by atoms with Crippen molar-refractivity contribution in [2.45, 2.75) is 70.9 Å². The zero-order valence-corrected chi connectivity index (χ0v) is 10.5. The van der Waals surface area contributed by atoms with E-state index in [2.05, 4.69) is 19.2 Å². The molecule has 15 heavy (non-hydrogen) atoms. The molecule has 1 aliphatic carbocycles. The third kappa shape index (κ3) is 5.53. The maximum Gasteiger partial charge on any atom is 0.00739 e. The van der Waals surface area contributed by atoms with E-state index in [4.69, 9.17) is 5.73 Å². The van der Waals surface area contributed by atoms with Gasteiger partial charge in [-0.15, -0.1) is 0 Å². The van der Waals surface area contributed by atoms with Crippen LogP contribution in [0.1, 0.15) is 58.8 Å². The Hall–Kier alpha value is -0.0800. The highest BCUT2D eigenvalue weighted by molar-refractivity contribution is 4.73. The molecule has 0 aromatic rings. The Labute approximate surface area is 95.0 Å². The molecule has 1 aliphatic rings. The van der Waals surface area contributed by atoms with E-state index < -0.39 is 0 Å². The molecule has 0 aromatic heterocycles. The van der Waals surface area contributed by atoms with Crippen molar-refractivity contribution in [2.24, 2.45) is 11.7 Å². The van der Waals surface area contributed by atoms with E-state index in [0.717, 1.165) is 19.0 Å². The van der Waals surface area contributed by atoms with Gasteiger partial charge in [0.25, 0.3) is 0 Å². The smallest absolute Gasteiger partial charge is 0.00739 e. The molecule has 90 valence electrons. The largest absolute Gasteiger partial charge is 0.327 e. The van der Waals surface area contributed by atoms with Gasteiger partial charge in [0, 0.05) is 12.1 Å². The average Bonchev–Trinajstić information content (AvgIpc) is 2.46. The van der Waals surface area contributed by atoms with Crippen LogP contribution >= 0.6 is 0 Å². The molecule has 1 atom stereocenters. The first-order chi connectivity index (χ1) is 7.20. The number of nitrogens with two attached hydrogens (primary N) is 1. The van der Waals surface area contributed by atoms with Gasteiger partial charge in [-0.1, -0.05) is 39.5 Å². The Morgan fingerprint density at radius 3 is 2.27 bits per heavy atom. The lowest BCUT2D eigenvalue weighted by molar-refractivity contribution is 0.407.